The van der Waals surface area contributed by atoms with Gasteiger partial charge in [-0.1, -0.05) is 72.8 Å². The molecule has 1 saturated heterocycles. The highest BCUT2D eigenvalue weighted by Gasteiger charge is 2.25. The van der Waals surface area contributed by atoms with Gasteiger partial charge in [-0.25, -0.2) is 0 Å². The van der Waals surface area contributed by atoms with E-state index in [9.17, 15) is 4.79 Å². The van der Waals surface area contributed by atoms with Gasteiger partial charge in [0, 0.05) is 31.4 Å². The predicted octanol–water partition coefficient (Wildman–Crippen LogP) is 6.25. The van der Waals surface area contributed by atoms with E-state index in [4.69, 9.17) is 4.74 Å². The first kappa shape index (κ1) is 24.8. The number of nitrogens with one attached hydrogen (secondary N) is 1. The number of piperidine rings is 1. The van der Waals surface area contributed by atoms with Gasteiger partial charge in [0.1, 0.15) is 5.75 Å². The lowest BCUT2D eigenvalue weighted by Crippen LogP contribution is -2.44. The molecule has 37 heavy (non-hydrogen) atoms. The summed E-state index contributed by atoms with van der Waals surface area (Å²) in [4.78, 5) is 16.0. The molecule has 1 aliphatic heterocycles. The molecule has 1 aliphatic rings. The molecule has 190 valence electrons. The quantitative estimate of drug-likeness (QED) is 0.316. The van der Waals surface area contributed by atoms with Gasteiger partial charge in [0.05, 0.1) is 23.6 Å². The Bertz CT molecular complexity index is 1320. The second-order valence-electron chi connectivity index (χ2n) is 9.64. The predicted molar refractivity (Wildman–Crippen MR) is 149 cm³/mol. The van der Waals surface area contributed by atoms with Crippen LogP contribution in [0, 0.1) is 6.92 Å². The SMILES string of the molecule is CCOc1ccccc1-n1c(-c2ccccc2)cc(C(=O)NC2CCN(Cc3ccccc3)CC2)c1C. The lowest BCUT2D eigenvalue weighted by atomic mass is 10.0. The summed E-state index contributed by atoms with van der Waals surface area (Å²) in [6, 6.07) is 31.0. The molecule has 1 amide bonds. The van der Waals surface area contributed by atoms with Gasteiger partial charge in [-0.05, 0) is 56.0 Å². The van der Waals surface area contributed by atoms with E-state index in [1.165, 1.54) is 5.56 Å². The summed E-state index contributed by atoms with van der Waals surface area (Å²) in [6.45, 7) is 7.51. The minimum Gasteiger partial charge on any atom is -0.492 e. The van der Waals surface area contributed by atoms with E-state index in [0.717, 1.165) is 60.9 Å². The van der Waals surface area contributed by atoms with Gasteiger partial charge < -0.3 is 14.6 Å². The van der Waals surface area contributed by atoms with Gasteiger partial charge in [-0.3, -0.25) is 9.69 Å². The summed E-state index contributed by atoms with van der Waals surface area (Å²) >= 11 is 0. The highest BCUT2D eigenvalue weighted by molar-refractivity contribution is 5.97. The Balaban J connectivity index is 1.37. The van der Waals surface area contributed by atoms with Gasteiger partial charge in [-0.15, -0.1) is 0 Å². The smallest absolute Gasteiger partial charge is 0.253 e. The molecule has 1 N–H and O–H groups in total. The second-order valence-corrected chi connectivity index (χ2v) is 9.64. The normalized spacial score (nSPS) is 14.4. The van der Waals surface area contributed by atoms with Crippen molar-refractivity contribution >= 4 is 5.91 Å². The molecule has 0 aliphatic carbocycles. The maximum atomic E-state index is 13.6. The van der Waals surface area contributed by atoms with Gasteiger partial charge in [0.2, 0.25) is 0 Å². The van der Waals surface area contributed by atoms with E-state index >= 15 is 0 Å². The van der Waals surface area contributed by atoms with Crippen LogP contribution in [0.2, 0.25) is 0 Å². The molecule has 0 bridgehead atoms. The first-order valence-corrected chi connectivity index (χ1v) is 13.2. The zero-order chi connectivity index (χ0) is 25.6. The Morgan fingerprint density at radius 3 is 2.27 bits per heavy atom. The molecule has 4 aromatic rings. The number of aromatic nitrogens is 1. The lowest BCUT2D eigenvalue weighted by Gasteiger charge is -2.32. The molecule has 0 saturated carbocycles. The number of amides is 1. The summed E-state index contributed by atoms with van der Waals surface area (Å²) in [6.07, 6.45) is 1.91. The molecule has 5 heteroatoms. The molecular weight excluding hydrogens is 458 g/mol. The van der Waals surface area contributed by atoms with Crippen LogP contribution < -0.4 is 10.1 Å². The molecule has 3 aromatic carbocycles. The van der Waals surface area contributed by atoms with Crippen molar-refractivity contribution in [3.05, 3.63) is 108 Å². The van der Waals surface area contributed by atoms with Crippen LogP contribution in [0.4, 0.5) is 0 Å². The van der Waals surface area contributed by atoms with Crippen LogP contribution >= 0.6 is 0 Å². The molecular formula is C32H35N3O2. The lowest BCUT2D eigenvalue weighted by molar-refractivity contribution is 0.0908. The average molecular weight is 494 g/mol. The summed E-state index contributed by atoms with van der Waals surface area (Å²) in [7, 11) is 0. The largest absolute Gasteiger partial charge is 0.492 e. The van der Waals surface area contributed by atoms with Crippen molar-refractivity contribution in [3.8, 4) is 22.7 Å². The number of hydrogen-bond acceptors (Lipinski definition) is 3. The van der Waals surface area contributed by atoms with E-state index < -0.39 is 0 Å². The molecule has 1 fully saturated rings. The molecule has 5 rings (SSSR count). The standard InChI is InChI=1S/C32H35N3O2/c1-3-37-31-17-11-10-16-29(31)35-24(2)28(22-30(35)26-14-8-5-9-15-26)32(36)33-27-18-20-34(21-19-27)23-25-12-6-4-7-13-25/h4-17,22,27H,3,18-21,23H2,1-2H3,(H,33,36). The van der Waals surface area contributed by atoms with Crippen molar-refractivity contribution in [1.82, 2.24) is 14.8 Å². The number of nitrogens with zero attached hydrogens (tertiary/aromatic N) is 2. The van der Waals surface area contributed by atoms with Gasteiger partial charge in [0.25, 0.3) is 5.91 Å². The zero-order valence-electron chi connectivity index (χ0n) is 21.7. The van der Waals surface area contributed by atoms with E-state index in [2.05, 4.69) is 63.3 Å². The fourth-order valence-electron chi connectivity index (χ4n) is 5.23. The molecule has 0 spiro atoms. The summed E-state index contributed by atoms with van der Waals surface area (Å²) < 4.78 is 8.11. The number of rotatable bonds is 8. The minimum atomic E-state index is -0.0103. The van der Waals surface area contributed by atoms with Crippen LogP contribution in [-0.2, 0) is 6.54 Å². The van der Waals surface area contributed by atoms with Crippen LogP contribution in [0.3, 0.4) is 0 Å². The Morgan fingerprint density at radius 2 is 1.57 bits per heavy atom. The number of para-hydroxylation sites is 2. The van der Waals surface area contributed by atoms with E-state index in [-0.39, 0.29) is 11.9 Å². The van der Waals surface area contributed by atoms with Crippen molar-refractivity contribution in [2.24, 2.45) is 0 Å². The Morgan fingerprint density at radius 1 is 0.919 bits per heavy atom. The summed E-state index contributed by atoms with van der Waals surface area (Å²) in [5.41, 5.74) is 5.93. The zero-order valence-corrected chi connectivity index (χ0v) is 21.7. The topological polar surface area (TPSA) is 46.5 Å². The number of benzene rings is 3. The van der Waals surface area contributed by atoms with Gasteiger partial charge in [0.15, 0.2) is 0 Å². The third-order valence-corrected chi connectivity index (χ3v) is 7.14. The number of carbonyl (C=O) groups is 1. The number of carbonyl (C=O) groups excluding carboxylic acids is 1. The van der Waals surface area contributed by atoms with Crippen LogP contribution in [0.1, 0.15) is 41.4 Å². The van der Waals surface area contributed by atoms with Crippen molar-refractivity contribution in [3.63, 3.8) is 0 Å². The van der Waals surface area contributed by atoms with Crippen LogP contribution in [0.5, 0.6) is 5.75 Å². The highest BCUT2D eigenvalue weighted by Crippen LogP contribution is 2.33. The number of hydrogen-bond donors (Lipinski definition) is 1. The van der Waals surface area contributed by atoms with Gasteiger partial charge in [-0.2, -0.15) is 0 Å². The maximum Gasteiger partial charge on any atom is 0.253 e. The molecule has 1 aromatic heterocycles. The Labute approximate surface area is 219 Å². The van der Waals surface area contributed by atoms with E-state index in [1.54, 1.807) is 0 Å². The molecule has 0 unspecified atom stereocenters. The van der Waals surface area contributed by atoms with Crippen LogP contribution in [0.15, 0.2) is 91.0 Å². The molecule has 2 heterocycles. The first-order valence-electron chi connectivity index (χ1n) is 13.2. The van der Waals surface area contributed by atoms with E-state index in [1.807, 2.05) is 56.3 Å². The third kappa shape index (κ3) is 5.62. The Hall–Kier alpha value is -3.83. The number of likely N-dealkylation sites (tertiary alicyclic amines) is 1. The van der Waals surface area contributed by atoms with Crippen LogP contribution in [-0.4, -0.2) is 41.1 Å². The fourth-order valence-corrected chi connectivity index (χ4v) is 5.23. The van der Waals surface area contributed by atoms with Crippen molar-refractivity contribution < 1.29 is 9.53 Å². The highest BCUT2D eigenvalue weighted by atomic mass is 16.5. The maximum absolute atomic E-state index is 13.6. The van der Waals surface area contributed by atoms with Crippen LogP contribution in [0.25, 0.3) is 16.9 Å². The molecule has 0 radical (unpaired) electrons. The van der Waals surface area contributed by atoms with E-state index in [0.29, 0.717) is 12.2 Å². The first-order chi connectivity index (χ1) is 18.1. The fraction of sp³-hybridized carbons (Fsp3) is 0.281. The van der Waals surface area contributed by atoms with Crippen molar-refractivity contribution in [2.45, 2.75) is 39.3 Å². The summed E-state index contributed by atoms with van der Waals surface area (Å²) in [5, 5.41) is 3.33. The Kier molecular flexibility index (Phi) is 7.71. The third-order valence-electron chi connectivity index (χ3n) is 7.14. The number of ether oxygens (including phenoxy) is 1. The second kappa shape index (κ2) is 11.5. The van der Waals surface area contributed by atoms with Crippen molar-refractivity contribution in [1.29, 1.82) is 0 Å². The van der Waals surface area contributed by atoms with Crippen molar-refractivity contribution in [2.75, 3.05) is 19.7 Å². The minimum absolute atomic E-state index is 0.0103. The monoisotopic (exact) mass is 493 g/mol. The molecule has 5 nitrogen and oxygen atoms in total. The molecule has 0 atom stereocenters. The average Bonchev–Trinajstić information content (AvgIpc) is 3.28. The summed E-state index contributed by atoms with van der Waals surface area (Å²) in [5.74, 6) is 0.794. The van der Waals surface area contributed by atoms with Gasteiger partial charge >= 0.3 is 0 Å².